The van der Waals surface area contributed by atoms with Crippen LogP contribution in [0.25, 0.3) is 0 Å². The van der Waals surface area contributed by atoms with Crippen molar-refractivity contribution < 1.29 is 15.0 Å². The number of amides is 1. The molecule has 2 atom stereocenters. The molecule has 0 fully saturated rings. The Kier molecular flexibility index (Phi) is 34.0. The SMILES string of the molecule is CCCCCCC/C=C/CCCC[C@@H](O)[C@H](CO)NC(=O)CCC/C=C/C/C=C/C/C=C/C/C=C/CCCCCCCCC. The summed E-state index contributed by atoms with van der Waals surface area (Å²) in [4.78, 5) is 12.3. The van der Waals surface area contributed by atoms with E-state index in [-0.39, 0.29) is 12.5 Å². The van der Waals surface area contributed by atoms with Crippen LogP contribution in [0.3, 0.4) is 0 Å². The summed E-state index contributed by atoms with van der Waals surface area (Å²) in [5.74, 6) is -0.0993. The van der Waals surface area contributed by atoms with E-state index >= 15 is 0 Å². The van der Waals surface area contributed by atoms with Gasteiger partial charge in [-0.2, -0.15) is 0 Å². The average molecular weight is 614 g/mol. The summed E-state index contributed by atoms with van der Waals surface area (Å²) in [5.41, 5.74) is 0. The smallest absolute Gasteiger partial charge is 0.220 e. The highest BCUT2D eigenvalue weighted by molar-refractivity contribution is 5.76. The van der Waals surface area contributed by atoms with Gasteiger partial charge in [-0.15, -0.1) is 0 Å². The first-order valence-electron chi connectivity index (χ1n) is 18.5. The highest BCUT2D eigenvalue weighted by Crippen LogP contribution is 2.11. The van der Waals surface area contributed by atoms with Crippen molar-refractivity contribution in [2.24, 2.45) is 0 Å². The van der Waals surface area contributed by atoms with Crippen LogP contribution in [-0.4, -0.2) is 34.9 Å². The van der Waals surface area contributed by atoms with Gasteiger partial charge in [-0.1, -0.05) is 145 Å². The Morgan fingerprint density at radius 2 is 0.932 bits per heavy atom. The second-order valence-electron chi connectivity index (χ2n) is 12.3. The summed E-state index contributed by atoms with van der Waals surface area (Å²) in [6, 6.07) is -0.582. The topological polar surface area (TPSA) is 69.6 Å². The summed E-state index contributed by atoms with van der Waals surface area (Å²) in [6.07, 6.45) is 48.5. The molecule has 0 aliphatic heterocycles. The van der Waals surface area contributed by atoms with Gasteiger partial charge in [0.05, 0.1) is 18.8 Å². The summed E-state index contributed by atoms with van der Waals surface area (Å²) < 4.78 is 0. The van der Waals surface area contributed by atoms with Gasteiger partial charge in [-0.3, -0.25) is 4.79 Å². The molecule has 0 rings (SSSR count). The second kappa shape index (κ2) is 35.6. The highest BCUT2D eigenvalue weighted by atomic mass is 16.3. The van der Waals surface area contributed by atoms with Crippen LogP contribution in [0.1, 0.15) is 168 Å². The predicted molar refractivity (Wildman–Crippen MR) is 193 cm³/mol. The van der Waals surface area contributed by atoms with Crippen molar-refractivity contribution in [2.45, 2.75) is 180 Å². The highest BCUT2D eigenvalue weighted by Gasteiger charge is 2.19. The van der Waals surface area contributed by atoms with E-state index in [1.165, 1.54) is 83.5 Å². The molecule has 0 radical (unpaired) electrons. The van der Waals surface area contributed by atoms with Crippen molar-refractivity contribution in [3.8, 4) is 0 Å². The van der Waals surface area contributed by atoms with E-state index in [4.69, 9.17) is 0 Å². The number of carbonyl (C=O) groups excluding carboxylic acids is 1. The first kappa shape index (κ1) is 42.1. The van der Waals surface area contributed by atoms with Gasteiger partial charge in [-0.05, 0) is 77.0 Å². The van der Waals surface area contributed by atoms with E-state index in [0.717, 1.165) is 57.8 Å². The molecular weight excluding hydrogens is 542 g/mol. The molecule has 0 aromatic rings. The molecule has 44 heavy (non-hydrogen) atoms. The lowest BCUT2D eigenvalue weighted by Crippen LogP contribution is -2.45. The lowest BCUT2D eigenvalue weighted by atomic mass is 10.0. The van der Waals surface area contributed by atoms with Crippen LogP contribution in [0.15, 0.2) is 60.8 Å². The molecule has 0 heterocycles. The number of hydrogen-bond donors (Lipinski definition) is 3. The van der Waals surface area contributed by atoms with Gasteiger partial charge >= 0.3 is 0 Å². The van der Waals surface area contributed by atoms with E-state index in [1.54, 1.807) is 0 Å². The molecule has 0 bridgehead atoms. The van der Waals surface area contributed by atoms with Gasteiger partial charge in [0.15, 0.2) is 0 Å². The van der Waals surface area contributed by atoms with Crippen molar-refractivity contribution in [1.29, 1.82) is 0 Å². The first-order chi connectivity index (χ1) is 21.7. The maximum atomic E-state index is 12.3. The van der Waals surface area contributed by atoms with Crippen LogP contribution in [-0.2, 0) is 4.79 Å². The summed E-state index contributed by atoms with van der Waals surface area (Å²) in [7, 11) is 0. The monoisotopic (exact) mass is 614 g/mol. The quantitative estimate of drug-likeness (QED) is 0.0522. The minimum atomic E-state index is -0.704. The number of rotatable bonds is 32. The van der Waals surface area contributed by atoms with Gasteiger partial charge in [0.1, 0.15) is 0 Å². The fraction of sp³-hybridized carbons (Fsp3) is 0.725. The Morgan fingerprint density at radius 3 is 1.41 bits per heavy atom. The van der Waals surface area contributed by atoms with Crippen molar-refractivity contribution in [3.63, 3.8) is 0 Å². The lowest BCUT2D eigenvalue weighted by molar-refractivity contribution is -0.123. The van der Waals surface area contributed by atoms with Gasteiger partial charge in [0.2, 0.25) is 5.91 Å². The number of aliphatic hydroxyl groups is 2. The van der Waals surface area contributed by atoms with Gasteiger partial charge in [0.25, 0.3) is 0 Å². The van der Waals surface area contributed by atoms with Crippen LogP contribution in [0.4, 0.5) is 0 Å². The Morgan fingerprint density at radius 1 is 0.545 bits per heavy atom. The zero-order valence-electron chi connectivity index (χ0n) is 28.9. The normalized spacial score (nSPS) is 13.8. The third kappa shape index (κ3) is 31.5. The van der Waals surface area contributed by atoms with Crippen molar-refractivity contribution >= 4 is 5.91 Å². The van der Waals surface area contributed by atoms with E-state index in [0.29, 0.717) is 12.8 Å². The number of allylic oxidation sites excluding steroid dienone is 10. The zero-order valence-corrected chi connectivity index (χ0v) is 28.9. The van der Waals surface area contributed by atoms with Crippen LogP contribution < -0.4 is 5.32 Å². The number of carbonyl (C=O) groups is 1. The Bertz CT molecular complexity index is 752. The molecule has 4 nitrogen and oxygen atoms in total. The molecule has 1 amide bonds. The van der Waals surface area contributed by atoms with Crippen molar-refractivity contribution in [3.05, 3.63) is 60.8 Å². The Balaban J connectivity index is 3.74. The molecular formula is C40H71NO3. The number of hydrogen-bond acceptors (Lipinski definition) is 3. The molecule has 0 saturated heterocycles. The van der Waals surface area contributed by atoms with Crippen LogP contribution in [0.2, 0.25) is 0 Å². The van der Waals surface area contributed by atoms with Crippen molar-refractivity contribution in [1.82, 2.24) is 5.32 Å². The minimum absolute atomic E-state index is 0.0993. The fourth-order valence-electron chi connectivity index (χ4n) is 5.11. The summed E-state index contributed by atoms with van der Waals surface area (Å²) in [5, 5.41) is 22.9. The lowest BCUT2D eigenvalue weighted by Gasteiger charge is -2.22. The molecule has 0 aliphatic rings. The van der Waals surface area contributed by atoms with Gasteiger partial charge in [0, 0.05) is 6.42 Å². The van der Waals surface area contributed by atoms with Crippen molar-refractivity contribution in [2.75, 3.05) is 6.61 Å². The maximum Gasteiger partial charge on any atom is 0.220 e. The molecule has 0 unspecified atom stereocenters. The molecule has 0 saturated carbocycles. The molecule has 0 aromatic heterocycles. The largest absolute Gasteiger partial charge is 0.394 e. The summed E-state index contributed by atoms with van der Waals surface area (Å²) >= 11 is 0. The first-order valence-corrected chi connectivity index (χ1v) is 18.5. The molecule has 0 spiro atoms. The molecule has 0 aromatic carbocycles. The molecule has 0 aliphatic carbocycles. The van der Waals surface area contributed by atoms with Crippen LogP contribution in [0, 0.1) is 0 Å². The third-order valence-electron chi connectivity index (χ3n) is 8.00. The molecule has 3 N–H and O–H groups in total. The summed E-state index contributed by atoms with van der Waals surface area (Å²) in [6.45, 7) is 4.28. The average Bonchev–Trinajstić information content (AvgIpc) is 3.03. The number of aliphatic hydroxyl groups excluding tert-OH is 2. The molecule has 254 valence electrons. The standard InChI is InChI=1S/C40H71NO3/c1-3-5-7-9-11-13-15-16-17-18-19-20-21-22-23-24-26-28-30-32-34-36-40(44)41-38(37-42)39(43)35-33-31-29-27-25-14-12-10-8-6-4-2/h17-18,20-21,23-25,27-28,30,38-39,42-43H,3-16,19,22,26,29,31-37H2,1-2H3,(H,41,44)/b18-17+,21-20+,24-23+,27-25+,30-28+/t38-,39+/m0/s1. The second-order valence-corrected chi connectivity index (χ2v) is 12.3. The van der Waals surface area contributed by atoms with Gasteiger partial charge in [-0.25, -0.2) is 0 Å². The molecule has 4 heteroatoms. The van der Waals surface area contributed by atoms with E-state index in [2.05, 4.69) is 79.9 Å². The minimum Gasteiger partial charge on any atom is -0.394 e. The van der Waals surface area contributed by atoms with Crippen LogP contribution >= 0.6 is 0 Å². The van der Waals surface area contributed by atoms with E-state index in [1.807, 2.05) is 0 Å². The van der Waals surface area contributed by atoms with Crippen LogP contribution in [0.5, 0.6) is 0 Å². The van der Waals surface area contributed by atoms with E-state index < -0.39 is 12.1 Å². The Hall–Kier alpha value is -1.91. The zero-order chi connectivity index (χ0) is 32.2. The number of unbranched alkanes of at least 4 members (excludes halogenated alkanes) is 15. The predicted octanol–water partition coefficient (Wildman–Crippen LogP) is 11.0. The Labute approximate surface area is 273 Å². The fourth-order valence-corrected chi connectivity index (χ4v) is 5.11. The third-order valence-corrected chi connectivity index (χ3v) is 8.00. The van der Waals surface area contributed by atoms with Gasteiger partial charge < -0.3 is 15.5 Å². The van der Waals surface area contributed by atoms with E-state index in [9.17, 15) is 15.0 Å². The maximum absolute atomic E-state index is 12.3. The number of nitrogens with one attached hydrogen (secondary N) is 1.